The Hall–Kier alpha value is -1.06. The van der Waals surface area contributed by atoms with Gasteiger partial charge in [-0.25, -0.2) is 0 Å². The number of amides is 1. The largest absolute Gasteiger partial charge is 0.353 e. The van der Waals surface area contributed by atoms with Gasteiger partial charge in [0.2, 0.25) is 5.91 Å². The van der Waals surface area contributed by atoms with E-state index in [1.165, 1.54) is 12.0 Å². The molecule has 0 radical (unpaired) electrons. The van der Waals surface area contributed by atoms with E-state index in [0.717, 1.165) is 50.3 Å². The van der Waals surface area contributed by atoms with Gasteiger partial charge < -0.3 is 5.32 Å². The topological polar surface area (TPSA) is 32.3 Å². The monoisotopic (exact) mass is 306 g/mol. The smallest absolute Gasteiger partial charge is 0.223 e. The van der Waals surface area contributed by atoms with Gasteiger partial charge in [-0.15, -0.1) is 0 Å². The average molecular weight is 307 g/mol. The lowest BCUT2D eigenvalue weighted by Crippen LogP contribution is -2.47. The van der Waals surface area contributed by atoms with Crippen LogP contribution in [0.4, 0.5) is 0 Å². The normalized spacial score (nSPS) is 21.0. The quantitative estimate of drug-likeness (QED) is 0.926. The summed E-state index contributed by atoms with van der Waals surface area (Å²) < 4.78 is 0. The van der Waals surface area contributed by atoms with Crippen molar-refractivity contribution in [2.75, 3.05) is 13.1 Å². The summed E-state index contributed by atoms with van der Waals surface area (Å²) in [5.74, 6) is 0.587. The highest BCUT2D eigenvalue weighted by Crippen LogP contribution is 2.27. The van der Waals surface area contributed by atoms with Crippen molar-refractivity contribution < 1.29 is 4.79 Å². The summed E-state index contributed by atoms with van der Waals surface area (Å²) in [6, 6.07) is 8.44. The maximum Gasteiger partial charge on any atom is 0.223 e. The first kappa shape index (κ1) is 14.9. The second-order valence-corrected chi connectivity index (χ2v) is 6.75. The van der Waals surface area contributed by atoms with Gasteiger partial charge in [0.1, 0.15) is 0 Å². The van der Waals surface area contributed by atoms with Crippen molar-refractivity contribution in [3.05, 3.63) is 34.9 Å². The van der Waals surface area contributed by atoms with Gasteiger partial charge in [0.05, 0.1) is 0 Å². The minimum atomic E-state index is 0.287. The molecule has 0 spiro atoms. The van der Waals surface area contributed by atoms with Crippen molar-refractivity contribution in [3.63, 3.8) is 0 Å². The van der Waals surface area contributed by atoms with Gasteiger partial charge in [-0.1, -0.05) is 30.2 Å². The molecule has 2 aliphatic rings. The standard InChI is InChI=1S/C17H23ClN2O/c18-15-6-1-3-13(11-15)12-20-9-7-16(8-10-20)19-17(21)14-4-2-5-14/h1,3,6,11,14,16H,2,4-5,7-10,12H2,(H,19,21). The SMILES string of the molecule is O=C(NC1CCN(Cc2cccc(Cl)c2)CC1)C1CCC1. The molecule has 1 saturated carbocycles. The van der Waals surface area contributed by atoms with Crippen LogP contribution in [0.25, 0.3) is 0 Å². The lowest BCUT2D eigenvalue weighted by atomic mass is 9.84. The molecule has 3 rings (SSSR count). The molecule has 1 amide bonds. The number of halogens is 1. The van der Waals surface area contributed by atoms with E-state index in [9.17, 15) is 4.79 Å². The summed E-state index contributed by atoms with van der Waals surface area (Å²) in [7, 11) is 0. The molecule has 1 heterocycles. The van der Waals surface area contributed by atoms with E-state index < -0.39 is 0 Å². The summed E-state index contributed by atoms with van der Waals surface area (Å²) in [5, 5.41) is 4.03. The van der Waals surface area contributed by atoms with Gasteiger partial charge in [-0.05, 0) is 43.4 Å². The third-order valence-corrected chi connectivity index (χ3v) is 4.94. The number of nitrogens with one attached hydrogen (secondary N) is 1. The van der Waals surface area contributed by atoms with Crippen molar-refractivity contribution >= 4 is 17.5 Å². The van der Waals surface area contributed by atoms with Gasteiger partial charge in [-0.2, -0.15) is 0 Å². The zero-order chi connectivity index (χ0) is 14.7. The fraction of sp³-hybridized carbons (Fsp3) is 0.588. The van der Waals surface area contributed by atoms with Crippen LogP contribution in [0.15, 0.2) is 24.3 Å². The number of carbonyl (C=O) groups excluding carboxylic acids is 1. The highest BCUT2D eigenvalue weighted by Gasteiger charge is 2.28. The molecule has 2 fully saturated rings. The Labute approximate surface area is 131 Å². The van der Waals surface area contributed by atoms with Crippen molar-refractivity contribution in [1.82, 2.24) is 10.2 Å². The summed E-state index contributed by atoms with van der Waals surface area (Å²) in [5.41, 5.74) is 1.26. The predicted octanol–water partition coefficient (Wildman–Crippen LogP) is 3.22. The van der Waals surface area contributed by atoms with Crippen LogP contribution in [0.3, 0.4) is 0 Å². The van der Waals surface area contributed by atoms with E-state index in [0.29, 0.717) is 12.0 Å². The molecule has 1 aromatic rings. The van der Waals surface area contributed by atoms with E-state index in [1.54, 1.807) is 0 Å². The summed E-state index contributed by atoms with van der Waals surface area (Å²) >= 11 is 6.03. The summed E-state index contributed by atoms with van der Waals surface area (Å²) in [4.78, 5) is 14.4. The molecule has 3 nitrogen and oxygen atoms in total. The molecular formula is C17H23ClN2O. The number of carbonyl (C=O) groups is 1. The van der Waals surface area contributed by atoms with Crippen LogP contribution in [0.5, 0.6) is 0 Å². The minimum absolute atomic E-state index is 0.287. The van der Waals surface area contributed by atoms with Gasteiger partial charge in [0, 0.05) is 36.6 Å². The van der Waals surface area contributed by atoms with Gasteiger partial charge in [0.25, 0.3) is 0 Å². The van der Waals surface area contributed by atoms with E-state index in [-0.39, 0.29) is 5.91 Å². The first-order valence-electron chi connectivity index (χ1n) is 7.98. The molecule has 0 aromatic heterocycles. The Bertz CT molecular complexity index is 493. The Morgan fingerprint density at radius 1 is 1.24 bits per heavy atom. The molecule has 1 aliphatic carbocycles. The number of likely N-dealkylation sites (tertiary alicyclic amines) is 1. The molecule has 1 aromatic carbocycles. The third-order valence-electron chi connectivity index (χ3n) is 4.71. The van der Waals surface area contributed by atoms with Crippen LogP contribution in [-0.2, 0) is 11.3 Å². The lowest BCUT2D eigenvalue weighted by molar-refractivity contribution is -0.128. The number of nitrogens with zero attached hydrogens (tertiary/aromatic N) is 1. The first-order valence-corrected chi connectivity index (χ1v) is 8.36. The molecule has 0 atom stereocenters. The molecular weight excluding hydrogens is 284 g/mol. The second kappa shape index (κ2) is 6.80. The Kier molecular flexibility index (Phi) is 4.81. The number of benzene rings is 1. The van der Waals surface area contributed by atoms with E-state index in [2.05, 4.69) is 16.3 Å². The third kappa shape index (κ3) is 3.98. The molecule has 114 valence electrons. The first-order chi connectivity index (χ1) is 10.2. The minimum Gasteiger partial charge on any atom is -0.353 e. The average Bonchev–Trinajstić information content (AvgIpc) is 2.39. The Morgan fingerprint density at radius 3 is 2.62 bits per heavy atom. The van der Waals surface area contributed by atoms with Crippen molar-refractivity contribution in [2.24, 2.45) is 5.92 Å². The lowest BCUT2D eigenvalue weighted by Gasteiger charge is -2.34. The molecule has 1 saturated heterocycles. The molecule has 4 heteroatoms. The number of piperidine rings is 1. The van der Waals surface area contributed by atoms with Crippen LogP contribution in [0.1, 0.15) is 37.7 Å². The second-order valence-electron chi connectivity index (χ2n) is 6.32. The van der Waals surface area contributed by atoms with Crippen molar-refractivity contribution in [2.45, 2.75) is 44.7 Å². The molecule has 1 N–H and O–H groups in total. The highest BCUT2D eigenvalue weighted by atomic mass is 35.5. The zero-order valence-electron chi connectivity index (χ0n) is 12.4. The highest BCUT2D eigenvalue weighted by molar-refractivity contribution is 6.30. The molecule has 21 heavy (non-hydrogen) atoms. The van der Waals surface area contributed by atoms with E-state index in [4.69, 9.17) is 11.6 Å². The molecule has 0 bridgehead atoms. The van der Waals surface area contributed by atoms with Gasteiger partial charge in [-0.3, -0.25) is 9.69 Å². The van der Waals surface area contributed by atoms with Crippen LogP contribution < -0.4 is 5.32 Å². The van der Waals surface area contributed by atoms with Crippen LogP contribution >= 0.6 is 11.6 Å². The van der Waals surface area contributed by atoms with Crippen molar-refractivity contribution in [1.29, 1.82) is 0 Å². The summed E-state index contributed by atoms with van der Waals surface area (Å²) in [6.45, 7) is 3.04. The Morgan fingerprint density at radius 2 is 2.00 bits per heavy atom. The maximum absolute atomic E-state index is 12.0. The van der Waals surface area contributed by atoms with Crippen LogP contribution in [0.2, 0.25) is 5.02 Å². The number of hydrogen-bond acceptors (Lipinski definition) is 2. The van der Waals surface area contributed by atoms with Crippen LogP contribution in [-0.4, -0.2) is 29.9 Å². The van der Waals surface area contributed by atoms with E-state index in [1.807, 2.05) is 18.2 Å². The number of rotatable bonds is 4. The van der Waals surface area contributed by atoms with Gasteiger partial charge in [0.15, 0.2) is 0 Å². The maximum atomic E-state index is 12.0. The number of hydrogen-bond donors (Lipinski definition) is 1. The Balaban J connectivity index is 1.43. The molecule has 0 unspecified atom stereocenters. The fourth-order valence-electron chi connectivity index (χ4n) is 3.12. The van der Waals surface area contributed by atoms with E-state index >= 15 is 0 Å². The van der Waals surface area contributed by atoms with Crippen LogP contribution in [0, 0.1) is 5.92 Å². The summed E-state index contributed by atoms with van der Waals surface area (Å²) in [6.07, 6.45) is 5.49. The van der Waals surface area contributed by atoms with Gasteiger partial charge >= 0.3 is 0 Å². The molecule has 1 aliphatic heterocycles. The van der Waals surface area contributed by atoms with Crippen molar-refractivity contribution in [3.8, 4) is 0 Å². The fourth-order valence-corrected chi connectivity index (χ4v) is 3.33. The predicted molar refractivity (Wildman–Crippen MR) is 85.2 cm³/mol. The zero-order valence-corrected chi connectivity index (χ0v) is 13.1.